The second kappa shape index (κ2) is 4.43. The monoisotopic (exact) mass is 220 g/mol. The van der Waals surface area contributed by atoms with Crippen molar-refractivity contribution >= 4 is 5.91 Å². The number of hydrogen-bond acceptors (Lipinski definition) is 2. The first kappa shape index (κ1) is 10.8. The fourth-order valence-corrected chi connectivity index (χ4v) is 1.83. The topological polar surface area (TPSA) is 33.2 Å². The van der Waals surface area contributed by atoms with Gasteiger partial charge in [0.05, 0.1) is 11.8 Å². The second-order valence-corrected chi connectivity index (χ2v) is 3.97. The van der Waals surface area contributed by atoms with Gasteiger partial charge in [-0.05, 0) is 18.9 Å². The minimum atomic E-state index is -0.485. The van der Waals surface area contributed by atoms with Crippen molar-refractivity contribution in [1.82, 2.24) is 9.88 Å². The zero-order valence-electron chi connectivity index (χ0n) is 8.95. The number of likely N-dealkylation sites (tertiary alicyclic amines) is 1. The van der Waals surface area contributed by atoms with Crippen LogP contribution in [0.1, 0.15) is 23.2 Å². The Morgan fingerprint density at radius 1 is 1.50 bits per heavy atom. The maximum atomic E-state index is 12.9. The Kier molecular flexibility index (Phi) is 2.99. The van der Waals surface area contributed by atoms with Crippen molar-refractivity contribution in [2.45, 2.75) is 12.8 Å². The molecule has 1 amide bonds. The van der Waals surface area contributed by atoms with E-state index in [2.05, 4.69) is 11.6 Å². The molecule has 1 saturated heterocycles. The molecule has 2 rings (SSSR count). The number of carbonyl (C=O) groups excluding carboxylic acids is 1. The number of nitrogens with zero attached hydrogens (tertiary/aromatic N) is 2. The van der Waals surface area contributed by atoms with E-state index in [1.54, 1.807) is 4.90 Å². The van der Waals surface area contributed by atoms with Gasteiger partial charge in [0.25, 0.3) is 5.91 Å². The Bertz CT molecular complexity index is 431. The third kappa shape index (κ3) is 2.27. The molecule has 1 aliphatic rings. The summed E-state index contributed by atoms with van der Waals surface area (Å²) in [6.45, 7) is 5.14. The fraction of sp³-hybridized carbons (Fsp3) is 0.333. The van der Waals surface area contributed by atoms with Gasteiger partial charge in [-0.3, -0.25) is 9.78 Å². The van der Waals surface area contributed by atoms with E-state index >= 15 is 0 Å². The smallest absolute Gasteiger partial charge is 0.255 e. The highest BCUT2D eigenvalue weighted by Gasteiger charge is 2.20. The Morgan fingerprint density at radius 2 is 2.31 bits per heavy atom. The van der Waals surface area contributed by atoms with E-state index in [1.807, 2.05) is 0 Å². The normalized spacial score (nSPS) is 16.3. The maximum absolute atomic E-state index is 12.9. The van der Waals surface area contributed by atoms with E-state index in [0.717, 1.165) is 24.6 Å². The minimum absolute atomic E-state index is 0.173. The fourth-order valence-electron chi connectivity index (χ4n) is 1.83. The molecule has 16 heavy (non-hydrogen) atoms. The van der Waals surface area contributed by atoms with E-state index in [1.165, 1.54) is 12.3 Å². The molecule has 4 heteroatoms. The molecule has 1 aromatic heterocycles. The predicted molar refractivity (Wildman–Crippen MR) is 58.5 cm³/mol. The lowest BCUT2D eigenvalue weighted by molar-refractivity contribution is 0.0751. The van der Waals surface area contributed by atoms with Gasteiger partial charge in [0.1, 0.15) is 5.82 Å². The first-order valence-electron chi connectivity index (χ1n) is 5.23. The second-order valence-electron chi connectivity index (χ2n) is 3.97. The first-order chi connectivity index (χ1) is 7.66. The van der Waals surface area contributed by atoms with Gasteiger partial charge in [-0.2, -0.15) is 0 Å². The SMILES string of the molecule is C=C1CCCN(C(=O)c2cncc(F)c2)C1. The van der Waals surface area contributed by atoms with Gasteiger partial charge in [0.2, 0.25) is 0 Å². The summed E-state index contributed by atoms with van der Waals surface area (Å²) in [5, 5.41) is 0. The van der Waals surface area contributed by atoms with Gasteiger partial charge in [-0.15, -0.1) is 0 Å². The summed E-state index contributed by atoms with van der Waals surface area (Å²) in [5.74, 6) is -0.658. The van der Waals surface area contributed by atoms with Crippen molar-refractivity contribution in [3.05, 3.63) is 42.0 Å². The van der Waals surface area contributed by atoms with Gasteiger partial charge in [0.15, 0.2) is 0 Å². The minimum Gasteiger partial charge on any atom is -0.335 e. The molecule has 1 aliphatic heterocycles. The molecule has 0 N–H and O–H groups in total. The van der Waals surface area contributed by atoms with Crippen molar-refractivity contribution in [2.24, 2.45) is 0 Å². The van der Waals surface area contributed by atoms with Gasteiger partial charge < -0.3 is 4.90 Å². The number of piperidine rings is 1. The Morgan fingerprint density at radius 3 is 3.00 bits per heavy atom. The summed E-state index contributed by atoms with van der Waals surface area (Å²) in [7, 11) is 0. The quantitative estimate of drug-likeness (QED) is 0.678. The molecular weight excluding hydrogens is 207 g/mol. The van der Waals surface area contributed by atoms with Crippen LogP contribution in [-0.4, -0.2) is 28.9 Å². The molecule has 0 unspecified atom stereocenters. The molecular formula is C12H13FN2O. The van der Waals surface area contributed by atoms with Crippen LogP contribution in [0.2, 0.25) is 0 Å². The van der Waals surface area contributed by atoms with Gasteiger partial charge >= 0.3 is 0 Å². The Balaban J connectivity index is 2.15. The lowest BCUT2D eigenvalue weighted by atomic mass is 10.1. The van der Waals surface area contributed by atoms with Crippen LogP contribution in [0.25, 0.3) is 0 Å². The van der Waals surface area contributed by atoms with Crippen molar-refractivity contribution in [3.8, 4) is 0 Å². The van der Waals surface area contributed by atoms with Crippen LogP contribution < -0.4 is 0 Å². The van der Waals surface area contributed by atoms with E-state index < -0.39 is 5.82 Å². The van der Waals surface area contributed by atoms with Gasteiger partial charge in [-0.1, -0.05) is 12.2 Å². The number of rotatable bonds is 1. The van der Waals surface area contributed by atoms with E-state index in [9.17, 15) is 9.18 Å². The van der Waals surface area contributed by atoms with E-state index in [0.29, 0.717) is 18.7 Å². The third-order valence-corrected chi connectivity index (χ3v) is 2.61. The Labute approximate surface area is 93.6 Å². The molecule has 3 nitrogen and oxygen atoms in total. The molecule has 1 fully saturated rings. The molecule has 84 valence electrons. The Hall–Kier alpha value is -1.71. The molecule has 1 aromatic rings. The number of hydrogen-bond donors (Lipinski definition) is 0. The van der Waals surface area contributed by atoms with E-state index in [-0.39, 0.29) is 5.91 Å². The van der Waals surface area contributed by atoms with Crippen molar-refractivity contribution in [1.29, 1.82) is 0 Å². The summed E-state index contributed by atoms with van der Waals surface area (Å²) in [4.78, 5) is 17.3. The predicted octanol–water partition coefficient (Wildman–Crippen LogP) is 2.01. The third-order valence-electron chi connectivity index (χ3n) is 2.61. The van der Waals surface area contributed by atoms with E-state index in [4.69, 9.17) is 0 Å². The summed E-state index contributed by atoms with van der Waals surface area (Å²) < 4.78 is 12.9. The van der Waals surface area contributed by atoms with Crippen LogP contribution in [-0.2, 0) is 0 Å². The van der Waals surface area contributed by atoms with Gasteiger partial charge in [0, 0.05) is 19.3 Å². The lowest BCUT2D eigenvalue weighted by Gasteiger charge is -2.28. The summed E-state index contributed by atoms with van der Waals surface area (Å²) >= 11 is 0. The molecule has 0 bridgehead atoms. The first-order valence-corrected chi connectivity index (χ1v) is 5.23. The highest BCUT2D eigenvalue weighted by Crippen LogP contribution is 2.16. The van der Waals surface area contributed by atoms with Crippen LogP contribution in [0.15, 0.2) is 30.6 Å². The van der Waals surface area contributed by atoms with Crippen LogP contribution >= 0.6 is 0 Å². The molecule has 2 heterocycles. The van der Waals surface area contributed by atoms with Crippen molar-refractivity contribution in [2.75, 3.05) is 13.1 Å². The van der Waals surface area contributed by atoms with Crippen molar-refractivity contribution < 1.29 is 9.18 Å². The molecule has 0 aliphatic carbocycles. The van der Waals surface area contributed by atoms with Crippen LogP contribution in [0, 0.1) is 5.82 Å². The average molecular weight is 220 g/mol. The zero-order valence-corrected chi connectivity index (χ0v) is 8.95. The molecule has 0 radical (unpaired) electrons. The highest BCUT2D eigenvalue weighted by atomic mass is 19.1. The number of pyridine rings is 1. The number of halogens is 1. The van der Waals surface area contributed by atoms with Crippen LogP contribution in [0.3, 0.4) is 0 Å². The van der Waals surface area contributed by atoms with Crippen LogP contribution in [0.5, 0.6) is 0 Å². The summed E-state index contributed by atoms with van der Waals surface area (Å²) in [6.07, 6.45) is 4.37. The molecule has 0 spiro atoms. The van der Waals surface area contributed by atoms with Gasteiger partial charge in [-0.25, -0.2) is 4.39 Å². The largest absolute Gasteiger partial charge is 0.335 e. The number of amides is 1. The molecule has 0 atom stereocenters. The molecule has 0 saturated carbocycles. The molecule has 0 aromatic carbocycles. The summed E-state index contributed by atoms with van der Waals surface area (Å²) in [5.41, 5.74) is 1.35. The average Bonchev–Trinajstić information content (AvgIpc) is 2.28. The summed E-state index contributed by atoms with van der Waals surface area (Å²) in [6, 6.07) is 1.21. The number of aromatic nitrogens is 1. The number of carbonyl (C=O) groups is 1. The highest BCUT2D eigenvalue weighted by molar-refractivity contribution is 5.94. The maximum Gasteiger partial charge on any atom is 0.255 e. The van der Waals surface area contributed by atoms with Crippen molar-refractivity contribution in [3.63, 3.8) is 0 Å². The standard InChI is InChI=1S/C12H13FN2O/c1-9-3-2-4-15(8-9)12(16)10-5-11(13)7-14-6-10/h5-7H,1-4,8H2. The van der Waals surface area contributed by atoms with Crippen LogP contribution in [0.4, 0.5) is 4.39 Å². The zero-order chi connectivity index (χ0) is 11.5. The lowest BCUT2D eigenvalue weighted by Crippen LogP contribution is -2.36.